The molecule has 4 N–H and O–H groups in total. The SMILES string of the molecule is COCCNS(=O)(=O)Nc1cccc(C(N)=S)c1. The molecule has 0 saturated heterocycles. The number of nitrogens with two attached hydrogens (primary N) is 1. The molecule has 0 aliphatic heterocycles. The number of thiocarbonyl (C=S) groups is 1. The van der Waals surface area contributed by atoms with E-state index in [1.54, 1.807) is 24.3 Å². The van der Waals surface area contributed by atoms with Crippen molar-refractivity contribution in [3.8, 4) is 0 Å². The van der Waals surface area contributed by atoms with Gasteiger partial charge in [0.25, 0.3) is 10.2 Å². The third-order valence-corrected chi connectivity index (χ3v) is 3.32. The molecule has 0 spiro atoms. The van der Waals surface area contributed by atoms with Gasteiger partial charge >= 0.3 is 0 Å². The molecule has 18 heavy (non-hydrogen) atoms. The van der Waals surface area contributed by atoms with Gasteiger partial charge in [-0.25, -0.2) is 0 Å². The molecule has 0 fully saturated rings. The van der Waals surface area contributed by atoms with Gasteiger partial charge < -0.3 is 10.5 Å². The second-order valence-electron chi connectivity index (χ2n) is 3.44. The maximum absolute atomic E-state index is 11.6. The molecule has 0 saturated carbocycles. The number of anilines is 1. The van der Waals surface area contributed by atoms with Crippen LogP contribution in [-0.4, -0.2) is 33.7 Å². The van der Waals surface area contributed by atoms with Crippen LogP contribution in [0.5, 0.6) is 0 Å². The topological polar surface area (TPSA) is 93.4 Å². The summed E-state index contributed by atoms with van der Waals surface area (Å²) in [7, 11) is -2.12. The van der Waals surface area contributed by atoms with E-state index >= 15 is 0 Å². The van der Waals surface area contributed by atoms with Crippen molar-refractivity contribution < 1.29 is 13.2 Å². The summed E-state index contributed by atoms with van der Waals surface area (Å²) in [6.45, 7) is 0.495. The van der Waals surface area contributed by atoms with Crippen molar-refractivity contribution in [3.63, 3.8) is 0 Å². The molecule has 0 atom stereocenters. The molecule has 0 aliphatic carbocycles. The van der Waals surface area contributed by atoms with Gasteiger partial charge in [-0.1, -0.05) is 24.4 Å². The summed E-state index contributed by atoms with van der Waals surface area (Å²) in [4.78, 5) is 0.211. The standard InChI is InChI=1S/C10H15N3O3S2/c1-16-6-5-12-18(14,15)13-9-4-2-3-8(7-9)10(11)17/h2-4,7,12-13H,5-6H2,1H3,(H2,11,17). The maximum atomic E-state index is 11.6. The van der Waals surface area contributed by atoms with Gasteiger partial charge in [0, 0.05) is 19.2 Å². The van der Waals surface area contributed by atoms with Crippen LogP contribution >= 0.6 is 12.2 Å². The number of rotatable bonds is 7. The molecule has 1 aromatic carbocycles. The highest BCUT2D eigenvalue weighted by Crippen LogP contribution is 2.11. The Morgan fingerprint density at radius 2 is 2.22 bits per heavy atom. The zero-order valence-corrected chi connectivity index (χ0v) is 11.5. The third-order valence-electron chi connectivity index (χ3n) is 2.00. The number of benzene rings is 1. The van der Waals surface area contributed by atoms with Crippen LogP contribution in [0.4, 0.5) is 5.69 Å². The molecule has 0 aliphatic rings. The van der Waals surface area contributed by atoms with E-state index in [-0.39, 0.29) is 11.5 Å². The lowest BCUT2D eigenvalue weighted by atomic mass is 10.2. The minimum atomic E-state index is -3.61. The van der Waals surface area contributed by atoms with Crippen molar-refractivity contribution in [2.45, 2.75) is 0 Å². The molecular formula is C10H15N3O3S2. The fourth-order valence-electron chi connectivity index (χ4n) is 1.21. The van der Waals surface area contributed by atoms with Crippen molar-refractivity contribution in [1.29, 1.82) is 0 Å². The van der Waals surface area contributed by atoms with Crippen molar-refractivity contribution in [3.05, 3.63) is 29.8 Å². The predicted molar refractivity (Wildman–Crippen MR) is 74.8 cm³/mol. The van der Waals surface area contributed by atoms with E-state index in [0.29, 0.717) is 17.9 Å². The van der Waals surface area contributed by atoms with Crippen molar-refractivity contribution in [2.24, 2.45) is 5.73 Å². The fraction of sp³-hybridized carbons (Fsp3) is 0.300. The van der Waals surface area contributed by atoms with Gasteiger partial charge in [0.15, 0.2) is 0 Å². The van der Waals surface area contributed by atoms with Gasteiger partial charge in [0.05, 0.1) is 12.3 Å². The summed E-state index contributed by atoms with van der Waals surface area (Å²) < 4.78 is 32.7. The third kappa shape index (κ3) is 4.96. The zero-order valence-electron chi connectivity index (χ0n) is 9.84. The molecule has 0 unspecified atom stereocenters. The highest BCUT2D eigenvalue weighted by molar-refractivity contribution is 7.90. The summed E-state index contributed by atoms with van der Waals surface area (Å²) >= 11 is 4.82. The smallest absolute Gasteiger partial charge is 0.299 e. The Morgan fingerprint density at radius 3 is 2.83 bits per heavy atom. The van der Waals surface area contributed by atoms with E-state index in [1.807, 2.05) is 0 Å². The van der Waals surface area contributed by atoms with Crippen molar-refractivity contribution >= 4 is 33.1 Å². The van der Waals surface area contributed by atoms with E-state index < -0.39 is 10.2 Å². The molecule has 1 aromatic rings. The van der Waals surface area contributed by atoms with Crippen molar-refractivity contribution in [1.82, 2.24) is 4.72 Å². The average Bonchev–Trinajstić information content (AvgIpc) is 2.28. The number of hydrogen-bond acceptors (Lipinski definition) is 4. The van der Waals surface area contributed by atoms with Gasteiger partial charge in [-0.15, -0.1) is 0 Å². The number of methoxy groups -OCH3 is 1. The minimum absolute atomic E-state index is 0.195. The van der Waals surface area contributed by atoms with Gasteiger partial charge in [-0.05, 0) is 12.1 Å². The average molecular weight is 289 g/mol. The van der Waals surface area contributed by atoms with Crippen molar-refractivity contribution in [2.75, 3.05) is 25.0 Å². The highest BCUT2D eigenvalue weighted by Gasteiger charge is 2.09. The van der Waals surface area contributed by atoms with Gasteiger partial charge in [0.2, 0.25) is 0 Å². The number of hydrogen-bond donors (Lipinski definition) is 3. The van der Waals surface area contributed by atoms with Crippen LogP contribution in [0.25, 0.3) is 0 Å². The van der Waals surface area contributed by atoms with Crippen LogP contribution in [0.3, 0.4) is 0 Å². The van der Waals surface area contributed by atoms with Crippen LogP contribution in [0.1, 0.15) is 5.56 Å². The Morgan fingerprint density at radius 1 is 1.50 bits per heavy atom. The Balaban J connectivity index is 2.72. The largest absolute Gasteiger partial charge is 0.389 e. The summed E-state index contributed by atoms with van der Waals surface area (Å²) in [5, 5.41) is 0. The molecule has 0 amide bonds. The molecule has 1 rings (SSSR count). The fourth-order valence-corrected chi connectivity index (χ4v) is 2.19. The van der Waals surface area contributed by atoms with E-state index in [9.17, 15) is 8.42 Å². The molecule has 100 valence electrons. The van der Waals surface area contributed by atoms with Gasteiger partial charge in [-0.3, -0.25) is 4.72 Å². The Bertz CT molecular complexity index is 517. The quantitative estimate of drug-likeness (QED) is 0.493. The van der Waals surface area contributed by atoms with E-state index in [4.69, 9.17) is 22.7 Å². The van der Waals surface area contributed by atoms with Crippen LogP contribution in [0, 0.1) is 0 Å². The van der Waals surface area contributed by atoms with Crippen LogP contribution in [0.2, 0.25) is 0 Å². The minimum Gasteiger partial charge on any atom is -0.389 e. The van der Waals surface area contributed by atoms with E-state index in [0.717, 1.165) is 0 Å². The van der Waals surface area contributed by atoms with E-state index in [2.05, 4.69) is 9.44 Å². The second kappa shape index (κ2) is 6.64. The normalized spacial score (nSPS) is 11.2. The zero-order chi connectivity index (χ0) is 13.6. The van der Waals surface area contributed by atoms with Crippen LogP contribution in [0.15, 0.2) is 24.3 Å². The Kier molecular flexibility index (Phi) is 5.48. The molecule has 0 radical (unpaired) electrons. The first-order valence-corrected chi connectivity index (χ1v) is 7.00. The molecule has 8 heteroatoms. The first-order chi connectivity index (χ1) is 8.44. The Hall–Kier alpha value is -1.22. The lowest BCUT2D eigenvalue weighted by Crippen LogP contribution is -2.32. The van der Waals surface area contributed by atoms with E-state index in [1.165, 1.54) is 7.11 Å². The van der Waals surface area contributed by atoms with Gasteiger partial charge in [0.1, 0.15) is 4.99 Å². The first-order valence-electron chi connectivity index (χ1n) is 5.11. The van der Waals surface area contributed by atoms with Crippen LogP contribution in [-0.2, 0) is 14.9 Å². The number of nitrogens with one attached hydrogen (secondary N) is 2. The summed E-state index contributed by atoms with van der Waals surface area (Å²) in [5.74, 6) is 0. The number of ether oxygens (including phenoxy) is 1. The molecule has 6 nitrogen and oxygen atoms in total. The predicted octanol–water partition coefficient (Wildman–Crippen LogP) is 0.213. The van der Waals surface area contributed by atoms with Gasteiger partial charge in [-0.2, -0.15) is 13.1 Å². The maximum Gasteiger partial charge on any atom is 0.299 e. The van der Waals surface area contributed by atoms with Crippen LogP contribution < -0.4 is 15.2 Å². The summed E-state index contributed by atoms with van der Waals surface area (Å²) in [6.07, 6.45) is 0. The summed E-state index contributed by atoms with van der Waals surface area (Å²) in [5.41, 5.74) is 6.46. The lowest BCUT2D eigenvalue weighted by molar-refractivity contribution is 0.204. The molecule has 0 aromatic heterocycles. The first kappa shape index (κ1) is 14.8. The second-order valence-corrected chi connectivity index (χ2v) is 5.38. The Labute approximate surface area is 112 Å². The summed E-state index contributed by atoms with van der Waals surface area (Å²) in [6, 6.07) is 6.55. The highest BCUT2D eigenvalue weighted by atomic mass is 32.2. The molecular weight excluding hydrogens is 274 g/mol. The lowest BCUT2D eigenvalue weighted by Gasteiger charge is -2.09. The molecule has 0 heterocycles. The molecule has 0 bridgehead atoms. The monoisotopic (exact) mass is 289 g/mol.